The second kappa shape index (κ2) is 6.54. The zero-order valence-corrected chi connectivity index (χ0v) is 17.1. The van der Waals surface area contributed by atoms with E-state index in [0.717, 1.165) is 61.2 Å². The fourth-order valence-corrected chi connectivity index (χ4v) is 5.65. The average Bonchev–Trinajstić information content (AvgIpc) is 3.35. The van der Waals surface area contributed by atoms with E-state index in [9.17, 15) is 4.79 Å². The molecule has 0 spiro atoms. The lowest BCUT2D eigenvalue weighted by molar-refractivity contribution is -0.123. The Bertz CT molecular complexity index is 1150. The van der Waals surface area contributed by atoms with Gasteiger partial charge in [-0.25, -0.2) is 9.97 Å². The molecule has 2 bridgehead atoms. The third kappa shape index (κ3) is 2.88. The zero-order valence-electron chi connectivity index (χ0n) is 17.1. The highest BCUT2D eigenvalue weighted by molar-refractivity contribution is 5.81. The lowest BCUT2D eigenvalue weighted by Gasteiger charge is -2.34. The predicted molar refractivity (Wildman–Crippen MR) is 116 cm³/mol. The van der Waals surface area contributed by atoms with Crippen molar-refractivity contribution in [2.45, 2.75) is 63.7 Å². The van der Waals surface area contributed by atoms with Crippen LogP contribution in [0.4, 0.5) is 11.5 Å². The molecule has 0 saturated carbocycles. The maximum absolute atomic E-state index is 11.9. The first-order valence-electron chi connectivity index (χ1n) is 10.8. The smallest absolute Gasteiger partial charge is 0.160 e. The van der Waals surface area contributed by atoms with Crippen LogP contribution in [0.1, 0.15) is 54.2 Å². The molecule has 6 rings (SSSR count). The van der Waals surface area contributed by atoms with Gasteiger partial charge < -0.3 is 16.0 Å². The largest absolute Gasteiger partial charge is 0.384 e. The number of hydrogen-bond donors (Lipinski definition) is 3. The van der Waals surface area contributed by atoms with Gasteiger partial charge in [-0.1, -0.05) is 12.1 Å². The number of benzene rings is 1. The van der Waals surface area contributed by atoms with E-state index in [1.165, 1.54) is 16.8 Å². The second-order valence-electron chi connectivity index (χ2n) is 9.05. The molecule has 4 N–H and O–H groups in total. The van der Waals surface area contributed by atoms with Crippen LogP contribution < -0.4 is 11.1 Å². The van der Waals surface area contributed by atoms with Crippen molar-refractivity contribution in [1.82, 2.24) is 19.9 Å². The van der Waals surface area contributed by atoms with E-state index in [1.807, 2.05) is 13.0 Å². The maximum atomic E-state index is 11.9. The van der Waals surface area contributed by atoms with Gasteiger partial charge in [0.25, 0.3) is 0 Å². The van der Waals surface area contributed by atoms with Crippen molar-refractivity contribution in [3.05, 3.63) is 46.8 Å². The minimum Gasteiger partial charge on any atom is -0.384 e. The van der Waals surface area contributed by atoms with Gasteiger partial charge in [-0.05, 0) is 49.4 Å². The van der Waals surface area contributed by atoms with E-state index in [2.05, 4.69) is 43.4 Å². The van der Waals surface area contributed by atoms with Crippen molar-refractivity contribution in [1.29, 1.82) is 0 Å². The molecule has 0 amide bonds. The molecule has 2 fully saturated rings. The van der Waals surface area contributed by atoms with Crippen LogP contribution in [-0.2, 0) is 17.8 Å². The molecule has 3 unspecified atom stereocenters. The maximum Gasteiger partial charge on any atom is 0.160 e. The fourth-order valence-electron chi connectivity index (χ4n) is 5.65. The molecule has 3 aliphatic rings. The van der Waals surface area contributed by atoms with Crippen LogP contribution in [0.3, 0.4) is 0 Å². The molecular weight excluding hydrogens is 376 g/mol. The van der Waals surface area contributed by atoms with Gasteiger partial charge in [0.05, 0.1) is 6.04 Å². The number of imidazole rings is 1. The molecule has 5 heterocycles. The van der Waals surface area contributed by atoms with Gasteiger partial charge in [-0.2, -0.15) is 0 Å². The number of ketones is 1. The van der Waals surface area contributed by atoms with E-state index in [1.54, 1.807) is 0 Å². The minimum absolute atomic E-state index is 0.134. The van der Waals surface area contributed by atoms with Gasteiger partial charge in [-0.15, -0.1) is 0 Å². The summed E-state index contributed by atoms with van der Waals surface area (Å²) < 4.78 is 0. The summed E-state index contributed by atoms with van der Waals surface area (Å²) >= 11 is 0. The third-order valence-electron chi connectivity index (χ3n) is 6.98. The summed E-state index contributed by atoms with van der Waals surface area (Å²) in [5.41, 5.74) is 12.6. The van der Waals surface area contributed by atoms with E-state index >= 15 is 0 Å². The normalized spacial score (nSPS) is 25.6. The van der Waals surface area contributed by atoms with Crippen molar-refractivity contribution < 1.29 is 4.79 Å². The number of carbonyl (C=O) groups excluding carboxylic acids is 1. The molecule has 1 aromatic carbocycles. The van der Waals surface area contributed by atoms with Crippen LogP contribution in [0, 0.1) is 6.92 Å². The number of H-pyrrole nitrogens is 1. The zero-order chi connectivity index (χ0) is 20.4. The summed E-state index contributed by atoms with van der Waals surface area (Å²) in [6, 6.07) is 9.69. The lowest BCUT2D eigenvalue weighted by Crippen LogP contribution is -2.42. The van der Waals surface area contributed by atoms with E-state index in [-0.39, 0.29) is 6.04 Å². The summed E-state index contributed by atoms with van der Waals surface area (Å²) in [6.07, 6.45) is 4.68. The number of aromatic nitrogens is 3. The number of pyridine rings is 1. The summed E-state index contributed by atoms with van der Waals surface area (Å²) in [4.78, 5) is 26.7. The molecule has 7 nitrogen and oxygen atoms in total. The number of aromatic amines is 1. The Morgan fingerprint density at radius 3 is 2.73 bits per heavy atom. The van der Waals surface area contributed by atoms with Gasteiger partial charge >= 0.3 is 0 Å². The van der Waals surface area contributed by atoms with Crippen molar-refractivity contribution in [2.24, 2.45) is 0 Å². The quantitative estimate of drug-likeness (QED) is 0.622. The predicted octanol–water partition coefficient (Wildman–Crippen LogP) is 3.25. The number of fused-ring (bicyclic) bond motifs is 4. The van der Waals surface area contributed by atoms with Crippen molar-refractivity contribution in [3.8, 4) is 0 Å². The van der Waals surface area contributed by atoms with Crippen LogP contribution in [0.5, 0.6) is 0 Å². The number of nitrogen functional groups attached to an aromatic ring is 1. The van der Waals surface area contributed by atoms with Crippen LogP contribution in [0.2, 0.25) is 0 Å². The molecule has 2 aromatic heterocycles. The Morgan fingerprint density at radius 2 is 1.93 bits per heavy atom. The number of carbonyl (C=O) groups is 1. The minimum atomic E-state index is 0.134. The van der Waals surface area contributed by atoms with Gasteiger partial charge in [0.1, 0.15) is 22.9 Å². The first kappa shape index (κ1) is 17.9. The van der Waals surface area contributed by atoms with Crippen molar-refractivity contribution in [2.75, 3.05) is 11.1 Å². The summed E-state index contributed by atoms with van der Waals surface area (Å²) in [5.74, 6) is 1.79. The summed E-state index contributed by atoms with van der Waals surface area (Å²) in [6.45, 7) is 2.87. The van der Waals surface area contributed by atoms with Crippen molar-refractivity contribution in [3.63, 3.8) is 0 Å². The molecule has 3 aliphatic heterocycles. The molecule has 2 saturated heterocycles. The monoisotopic (exact) mass is 402 g/mol. The van der Waals surface area contributed by atoms with Crippen LogP contribution in [-0.4, -0.2) is 37.7 Å². The van der Waals surface area contributed by atoms with Crippen LogP contribution in [0.25, 0.3) is 11.2 Å². The highest BCUT2D eigenvalue weighted by Gasteiger charge is 2.39. The molecule has 0 aliphatic carbocycles. The molecule has 154 valence electrons. The molecule has 30 heavy (non-hydrogen) atoms. The number of anilines is 2. The Labute approximate surface area is 175 Å². The Balaban J connectivity index is 1.26. The SMILES string of the molecule is Cc1nc2c(C3Cc4cc(CN5C6CCC5CC(=O)C6)ccc4N3)cc(N)nc2[nH]1. The number of nitrogens with two attached hydrogens (primary N) is 1. The van der Waals surface area contributed by atoms with E-state index in [0.29, 0.717) is 23.7 Å². The Kier molecular flexibility index (Phi) is 3.90. The van der Waals surface area contributed by atoms with Gasteiger partial charge in [0, 0.05) is 42.7 Å². The fraction of sp³-hybridized carbons (Fsp3) is 0.435. The number of piperidine rings is 1. The number of nitrogens with one attached hydrogen (secondary N) is 2. The van der Waals surface area contributed by atoms with E-state index < -0.39 is 0 Å². The first-order chi connectivity index (χ1) is 14.5. The number of hydrogen-bond acceptors (Lipinski definition) is 6. The average molecular weight is 403 g/mol. The molecular formula is C23H26N6O. The van der Waals surface area contributed by atoms with Gasteiger partial charge in [0.15, 0.2) is 5.65 Å². The lowest BCUT2D eigenvalue weighted by atomic mass is 9.99. The summed E-state index contributed by atoms with van der Waals surface area (Å²) in [7, 11) is 0. The highest BCUT2D eigenvalue weighted by atomic mass is 16.1. The van der Waals surface area contributed by atoms with Gasteiger partial charge in [-0.3, -0.25) is 9.69 Å². The Hall–Kier alpha value is -2.93. The first-order valence-corrected chi connectivity index (χ1v) is 10.8. The number of Topliss-reactive ketones (excluding diaryl/α,β-unsaturated/α-hetero) is 1. The molecule has 7 heteroatoms. The Morgan fingerprint density at radius 1 is 1.13 bits per heavy atom. The molecule has 0 radical (unpaired) electrons. The van der Waals surface area contributed by atoms with Crippen molar-refractivity contribution >= 4 is 28.5 Å². The molecule has 3 atom stereocenters. The number of nitrogens with zero attached hydrogens (tertiary/aromatic N) is 3. The second-order valence-corrected chi connectivity index (χ2v) is 9.05. The van der Waals surface area contributed by atoms with E-state index in [4.69, 9.17) is 5.73 Å². The van der Waals surface area contributed by atoms with Gasteiger partial charge in [0.2, 0.25) is 0 Å². The number of rotatable bonds is 3. The summed E-state index contributed by atoms with van der Waals surface area (Å²) in [5, 5.41) is 3.65. The number of aryl methyl sites for hydroxylation is 1. The highest BCUT2D eigenvalue weighted by Crippen LogP contribution is 2.39. The van der Waals surface area contributed by atoms with Crippen LogP contribution in [0.15, 0.2) is 24.3 Å². The topological polar surface area (TPSA) is 99.9 Å². The standard InChI is InChI=1S/C23H26N6O/c1-12-25-22-18(10-21(24)28-23(22)26-12)20-7-14-6-13(2-5-19(14)27-20)11-29-15-3-4-16(29)9-17(30)8-15/h2,5-6,10,15-16,20,27H,3-4,7-9,11H2,1H3,(H3,24,25,26,28). The third-order valence-corrected chi connectivity index (χ3v) is 6.98. The van der Waals surface area contributed by atoms with Crippen LogP contribution >= 0.6 is 0 Å². The molecule has 3 aromatic rings.